The number of hydrogen-bond acceptors (Lipinski definition) is 5. The van der Waals surface area contributed by atoms with E-state index in [-0.39, 0.29) is 29.7 Å². The zero-order valence-electron chi connectivity index (χ0n) is 16.5. The number of carbonyl (C=O) groups is 3. The summed E-state index contributed by atoms with van der Waals surface area (Å²) in [6, 6.07) is 5.75. The van der Waals surface area contributed by atoms with Crippen LogP contribution in [-0.2, 0) is 22.7 Å². The van der Waals surface area contributed by atoms with E-state index >= 15 is 0 Å². The van der Waals surface area contributed by atoms with Crippen molar-refractivity contribution in [2.45, 2.75) is 70.2 Å². The van der Waals surface area contributed by atoms with E-state index < -0.39 is 6.04 Å². The van der Waals surface area contributed by atoms with E-state index in [4.69, 9.17) is 0 Å². The van der Waals surface area contributed by atoms with Gasteiger partial charge in [-0.25, -0.2) is 0 Å². The first-order valence-electron chi connectivity index (χ1n) is 10.1. The third-order valence-electron chi connectivity index (χ3n) is 6.30. The normalized spacial score (nSPS) is 25.2. The zero-order chi connectivity index (χ0) is 19.9. The Bertz CT molecular complexity index is 814. The van der Waals surface area contributed by atoms with Crippen LogP contribution in [0, 0.1) is 0 Å². The van der Waals surface area contributed by atoms with Crippen molar-refractivity contribution >= 4 is 17.7 Å². The van der Waals surface area contributed by atoms with Crippen molar-refractivity contribution in [1.82, 2.24) is 20.9 Å². The van der Waals surface area contributed by atoms with E-state index in [2.05, 4.69) is 29.8 Å². The molecule has 2 fully saturated rings. The first kappa shape index (κ1) is 19.1. The summed E-state index contributed by atoms with van der Waals surface area (Å²) >= 11 is 0. The van der Waals surface area contributed by atoms with Crippen LogP contribution in [0.3, 0.4) is 0 Å². The van der Waals surface area contributed by atoms with Gasteiger partial charge in [-0.05, 0) is 50.8 Å². The largest absolute Gasteiger partial charge is 0.322 e. The zero-order valence-corrected chi connectivity index (χ0v) is 16.5. The van der Waals surface area contributed by atoms with Crippen LogP contribution in [-0.4, -0.2) is 46.8 Å². The molecule has 3 N–H and O–H groups in total. The lowest BCUT2D eigenvalue weighted by Crippen LogP contribution is -2.53. The number of nitrogens with zero attached hydrogens (tertiary/aromatic N) is 1. The van der Waals surface area contributed by atoms with Crippen LogP contribution in [0.4, 0.5) is 0 Å². The fraction of sp³-hybridized carbons (Fsp3) is 0.571. The molecular weight excluding hydrogens is 356 g/mol. The van der Waals surface area contributed by atoms with Gasteiger partial charge in [-0.3, -0.25) is 19.7 Å². The molecule has 28 heavy (non-hydrogen) atoms. The average molecular weight is 384 g/mol. The van der Waals surface area contributed by atoms with Crippen LogP contribution < -0.4 is 16.0 Å². The van der Waals surface area contributed by atoms with Crippen LogP contribution in [0.2, 0.25) is 0 Å². The Morgan fingerprint density at radius 3 is 2.75 bits per heavy atom. The third-order valence-corrected chi connectivity index (χ3v) is 6.30. The predicted octanol–water partition coefficient (Wildman–Crippen LogP) is 1.07. The summed E-state index contributed by atoms with van der Waals surface area (Å²) in [6.07, 6.45) is 3.00. The number of hydrogen-bond donors (Lipinski definition) is 3. The van der Waals surface area contributed by atoms with Gasteiger partial charge in [-0.1, -0.05) is 18.2 Å². The van der Waals surface area contributed by atoms with Crippen molar-refractivity contribution in [3.05, 3.63) is 34.9 Å². The third kappa shape index (κ3) is 3.44. The van der Waals surface area contributed by atoms with Crippen molar-refractivity contribution < 1.29 is 14.4 Å². The quantitative estimate of drug-likeness (QED) is 0.661. The highest BCUT2D eigenvalue weighted by Crippen LogP contribution is 2.30. The molecule has 150 valence electrons. The maximum absolute atomic E-state index is 13.1. The number of rotatable bonds is 5. The Labute approximate surface area is 165 Å². The summed E-state index contributed by atoms with van der Waals surface area (Å²) in [4.78, 5) is 38.4. The lowest BCUT2D eigenvalue weighted by molar-refractivity contribution is -0.136. The SMILES string of the molecule is CC(C)(NCc1cccc2c1C(=O)N(C1CCC(=O)NC1=O)C2)C1CCCN1. The minimum atomic E-state index is -0.572. The van der Waals surface area contributed by atoms with Gasteiger partial charge in [0.1, 0.15) is 6.04 Å². The van der Waals surface area contributed by atoms with Crippen LogP contribution in [0.5, 0.6) is 0 Å². The van der Waals surface area contributed by atoms with E-state index in [0.717, 1.165) is 24.1 Å². The molecule has 0 aromatic heterocycles. The Kier molecular flexibility index (Phi) is 4.97. The van der Waals surface area contributed by atoms with Crippen molar-refractivity contribution in [3.8, 4) is 0 Å². The molecule has 7 nitrogen and oxygen atoms in total. The van der Waals surface area contributed by atoms with Gasteiger partial charge in [0.15, 0.2) is 0 Å². The average Bonchev–Trinajstić information content (AvgIpc) is 3.30. The van der Waals surface area contributed by atoms with Gasteiger partial charge in [0, 0.05) is 36.7 Å². The number of piperidine rings is 1. The Hall–Kier alpha value is -2.25. The molecule has 0 spiro atoms. The first-order valence-corrected chi connectivity index (χ1v) is 10.1. The van der Waals surface area contributed by atoms with Crippen LogP contribution >= 0.6 is 0 Å². The lowest BCUT2D eigenvalue weighted by Gasteiger charge is -2.33. The van der Waals surface area contributed by atoms with E-state index in [0.29, 0.717) is 31.1 Å². The number of benzene rings is 1. The second kappa shape index (κ2) is 7.29. The summed E-state index contributed by atoms with van der Waals surface area (Å²) < 4.78 is 0. The molecule has 3 amide bonds. The maximum Gasteiger partial charge on any atom is 0.255 e. The standard InChI is InChI=1S/C21H28N4O3/c1-21(2,16-7-4-10-22-16)23-11-13-5-3-6-14-12-25(20(28)18(13)14)15-8-9-17(26)24-19(15)27/h3,5-6,15-16,22-23H,4,7-12H2,1-2H3,(H,24,26,27). The van der Waals surface area contributed by atoms with Gasteiger partial charge in [0.05, 0.1) is 0 Å². The Balaban J connectivity index is 1.50. The number of fused-ring (bicyclic) bond motifs is 1. The van der Waals surface area contributed by atoms with E-state index in [1.165, 1.54) is 6.42 Å². The molecule has 2 saturated heterocycles. The molecule has 7 heteroatoms. The topological polar surface area (TPSA) is 90.5 Å². The summed E-state index contributed by atoms with van der Waals surface area (Å²) in [6.45, 7) is 6.45. The fourth-order valence-electron chi connectivity index (χ4n) is 4.58. The van der Waals surface area contributed by atoms with Gasteiger partial charge in [0.25, 0.3) is 5.91 Å². The van der Waals surface area contributed by atoms with Gasteiger partial charge < -0.3 is 15.5 Å². The number of amides is 3. The van der Waals surface area contributed by atoms with Crippen molar-refractivity contribution in [1.29, 1.82) is 0 Å². The monoisotopic (exact) mass is 384 g/mol. The molecule has 0 bridgehead atoms. The maximum atomic E-state index is 13.1. The molecule has 4 rings (SSSR count). The molecule has 1 aromatic carbocycles. The van der Waals surface area contributed by atoms with E-state index in [1.54, 1.807) is 4.90 Å². The van der Waals surface area contributed by atoms with Crippen molar-refractivity contribution in [2.75, 3.05) is 6.54 Å². The molecule has 0 saturated carbocycles. The summed E-state index contributed by atoms with van der Waals surface area (Å²) in [5, 5.41) is 9.52. The fourth-order valence-corrected chi connectivity index (χ4v) is 4.58. The predicted molar refractivity (Wildman–Crippen MR) is 104 cm³/mol. The number of nitrogens with one attached hydrogen (secondary N) is 3. The minimum absolute atomic E-state index is 0.0792. The Morgan fingerprint density at radius 2 is 2.04 bits per heavy atom. The molecule has 3 aliphatic heterocycles. The Morgan fingerprint density at radius 1 is 1.21 bits per heavy atom. The highest BCUT2D eigenvalue weighted by atomic mass is 16.2. The minimum Gasteiger partial charge on any atom is -0.322 e. The number of imide groups is 1. The van der Waals surface area contributed by atoms with Crippen LogP contribution in [0.1, 0.15) is 61.0 Å². The lowest BCUT2D eigenvalue weighted by atomic mass is 9.92. The highest BCUT2D eigenvalue weighted by molar-refractivity contribution is 6.05. The summed E-state index contributed by atoms with van der Waals surface area (Å²) in [7, 11) is 0. The second-order valence-corrected chi connectivity index (χ2v) is 8.58. The molecule has 1 aromatic rings. The number of carbonyl (C=O) groups excluding carboxylic acids is 3. The smallest absolute Gasteiger partial charge is 0.255 e. The summed E-state index contributed by atoms with van der Waals surface area (Å²) in [5.74, 6) is -0.748. The summed E-state index contributed by atoms with van der Waals surface area (Å²) in [5.41, 5.74) is 2.54. The molecule has 0 aliphatic carbocycles. The van der Waals surface area contributed by atoms with E-state index in [1.807, 2.05) is 18.2 Å². The molecule has 3 heterocycles. The van der Waals surface area contributed by atoms with Gasteiger partial charge >= 0.3 is 0 Å². The second-order valence-electron chi connectivity index (χ2n) is 8.58. The van der Waals surface area contributed by atoms with E-state index in [9.17, 15) is 14.4 Å². The first-order chi connectivity index (χ1) is 13.4. The molecule has 0 radical (unpaired) electrons. The van der Waals surface area contributed by atoms with Gasteiger partial charge in [-0.15, -0.1) is 0 Å². The molecule has 2 unspecified atom stereocenters. The van der Waals surface area contributed by atoms with Gasteiger partial charge in [-0.2, -0.15) is 0 Å². The molecular formula is C21H28N4O3. The van der Waals surface area contributed by atoms with Crippen molar-refractivity contribution in [3.63, 3.8) is 0 Å². The highest BCUT2D eigenvalue weighted by Gasteiger charge is 2.40. The van der Waals surface area contributed by atoms with Crippen LogP contribution in [0.15, 0.2) is 18.2 Å². The van der Waals surface area contributed by atoms with Crippen molar-refractivity contribution in [2.24, 2.45) is 0 Å². The molecule has 2 atom stereocenters. The van der Waals surface area contributed by atoms with Gasteiger partial charge in [0.2, 0.25) is 11.8 Å². The molecule has 3 aliphatic rings. The van der Waals surface area contributed by atoms with Crippen LogP contribution in [0.25, 0.3) is 0 Å².